The lowest BCUT2D eigenvalue weighted by Gasteiger charge is -2.21. The summed E-state index contributed by atoms with van der Waals surface area (Å²) < 4.78 is 5.12. The van der Waals surface area contributed by atoms with E-state index < -0.39 is 36.3 Å². The molecule has 1 aliphatic rings. The largest absolute Gasteiger partial charge is 0.497 e. The number of hydrogen-bond acceptors (Lipinski definition) is 5. The fourth-order valence-electron chi connectivity index (χ4n) is 3.37. The smallest absolute Gasteiger partial charge is 0.332 e. The van der Waals surface area contributed by atoms with E-state index in [9.17, 15) is 19.2 Å². The number of benzene rings is 2. The fourth-order valence-corrected chi connectivity index (χ4v) is 3.37. The highest BCUT2D eigenvalue weighted by atomic mass is 16.5. The lowest BCUT2D eigenvalue weighted by Crippen LogP contribution is -2.44. The number of hydrogen-bond donors (Lipinski definition) is 1. The third-order valence-corrected chi connectivity index (χ3v) is 5.21. The molecule has 0 radical (unpaired) electrons. The van der Waals surface area contributed by atoms with Crippen molar-refractivity contribution in [2.24, 2.45) is 0 Å². The van der Waals surface area contributed by atoms with Crippen LogP contribution in [0.15, 0.2) is 48.5 Å². The summed E-state index contributed by atoms with van der Waals surface area (Å²) in [5.74, 6) is -0.808. The third-order valence-electron chi connectivity index (χ3n) is 5.21. The maximum atomic E-state index is 12.9. The van der Waals surface area contributed by atoms with Crippen LogP contribution in [0.5, 0.6) is 5.75 Å². The Hall–Kier alpha value is -3.88. The third kappa shape index (κ3) is 4.88. The van der Waals surface area contributed by atoms with E-state index in [2.05, 4.69) is 5.32 Å². The molecule has 1 aliphatic heterocycles. The van der Waals surface area contributed by atoms with Crippen LogP contribution in [-0.2, 0) is 14.4 Å². The summed E-state index contributed by atoms with van der Waals surface area (Å²) in [7, 11) is 2.97. The molecule has 0 unspecified atom stereocenters. The molecular formula is C23H26N4O5. The molecule has 9 nitrogen and oxygen atoms in total. The van der Waals surface area contributed by atoms with Crippen molar-refractivity contribution in [3.8, 4) is 5.75 Å². The Bertz CT molecular complexity index is 1040. The highest BCUT2D eigenvalue weighted by molar-refractivity contribution is 6.15. The standard InChI is InChI=1S/C23H26N4O5/c1-15-8-10-18(11-9-15)27-16(2)22(30)26(23(27)31)14-21(29)25(3)13-20(28)24-17-6-5-7-19(12-17)32-4/h5-12,16H,13-14H2,1-4H3,(H,24,28)/t16-/m1/s1. The SMILES string of the molecule is COc1cccc(NC(=O)CN(C)C(=O)CN2C(=O)[C@@H](C)N(c3ccc(C)cc3)C2=O)c1. The number of imide groups is 1. The summed E-state index contributed by atoms with van der Waals surface area (Å²) in [5.41, 5.74) is 2.14. The predicted octanol–water partition coefficient (Wildman–Crippen LogP) is 2.26. The lowest BCUT2D eigenvalue weighted by atomic mass is 10.2. The number of rotatable bonds is 7. The second-order valence-corrected chi connectivity index (χ2v) is 7.62. The predicted molar refractivity (Wildman–Crippen MR) is 119 cm³/mol. The molecule has 3 rings (SSSR count). The van der Waals surface area contributed by atoms with Crippen LogP contribution in [0.4, 0.5) is 16.2 Å². The summed E-state index contributed by atoms with van der Waals surface area (Å²) >= 11 is 0. The number of methoxy groups -OCH3 is 1. The Morgan fingerprint density at radius 1 is 1.12 bits per heavy atom. The number of carbonyl (C=O) groups is 4. The molecule has 0 spiro atoms. The first kappa shape index (κ1) is 22.8. The second-order valence-electron chi connectivity index (χ2n) is 7.62. The number of likely N-dealkylation sites (N-methyl/N-ethyl adjacent to an activating group) is 1. The van der Waals surface area contributed by atoms with Crippen LogP contribution in [0.3, 0.4) is 0 Å². The van der Waals surface area contributed by atoms with Gasteiger partial charge < -0.3 is 15.0 Å². The molecule has 9 heteroatoms. The van der Waals surface area contributed by atoms with Crippen molar-refractivity contribution < 1.29 is 23.9 Å². The monoisotopic (exact) mass is 438 g/mol. The Morgan fingerprint density at radius 3 is 2.47 bits per heavy atom. The van der Waals surface area contributed by atoms with Crippen molar-refractivity contribution in [2.75, 3.05) is 37.5 Å². The Balaban J connectivity index is 1.61. The highest BCUT2D eigenvalue weighted by Crippen LogP contribution is 2.26. The molecule has 1 fully saturated rings. The highest BCUT2D eigenvalue weighted by Gasteiger charge is 2.44. The van der Waals surface area contributed by atoms with Crippen LogP contribution in [0.1, 0.15) is 12.5 Å². The van der Waals surface area contributed by atoms with Crippen molar-refractivity contribution in [1.29, 1.82) is 0 Å². The van der Waals surface area contributed by atoms with E-state index in [4.69, 9.17) is 4.74 Å². The lowest BCUT2D eigenvalue weighted by molar-refractivity contribution is -0.137. The van der Waals surface area contributed by atoms with E-state index in [0.29, 0.717) is 17.1 Å². The van der Waals surface area contributed by atoms with Gasteiger partial charge >= 0.3 is 6.03 Å². The first-order valence-electron chi connectivity index (χ1n) is 10.1. The van der Waals surface area contributed by atoms with Gasteiger partial charge in [-0.15, -0.1) is 0 Å². The van der Waals surface area contributed by atoms with Crippen LogP contribution in [0.25, 0.3) is 0 Å². The molecule has 1 saturated heterocycles. The summed E-state index contributed by atoms with van der Waals surface area (Å²) in [6.07, 6.45) is 0. The zero-order chi connectivity index (χ0) is 23.4. The molecule has 0 aromatic heterocycles. The molecule has 32 heavy (non-hydrogen) atoms. The van der Waals surface area contributed by atoms with Gasteiger partial charge in [-0.05, 0) is 38.1 Å². The van der Waals surface area contributed by atoms with Gasteiger partial charge in [-0.1, -0.05) is 23.8 Å². The molecule has 0 saturated carbocycles. The van der Waals surface area contributed by atoms with Gasteiger partial charge in [0.15, 0.2) is 0 Å². The van der Waals surface area contributed by atoms with Crippen molar-refractivity contribution >= 4 is 35.1 Å². The summed E-state index contributed by atoms with van der Waals surface area (Å²) in [6, 6.07) is 12.8. The topological polar surface area (TPSA) is 99.3 Å². The van der Waals surface area contributed by atoms with Crippen molar-refractivity contribution in [2.45, 2.75) is 19.9 Å². The molecule has 1 N–H and O–H groups in total. The molecule has 0 bridgehead atoms. The first-order valence-corrected chi connectivity index (χ1v) is 10.1. The van der Waals surface area contributed by atoms with E-state index in [1.807, 2.05) is 19.1 Å². The molecule has 2 aromatic carbocycles. The maximum absolute atomic E-state index is 12.9. The molecule has 1 atom stereocenters. The minimum Gasteiger partial charge on any atom is -0.497 e. The van der Waals surface area contributed by atoms with Crippen molar-refractivity contribution in [3.63, 3.8) is 0 Å². The molecule has 168 valence electrons. The maximum Gasteiger partial charge on any atom is 0.332 e. The van der Waals surface area contributed by atoms with Gasteiger partial charge in [0.05, 0.1) is 13.7 Å². The van der Waals surface area contributed by atoms with Crippen LogP contribution in [0, 0.1) is 6.92 Å². The average Bonchev–Trinajstić information content (AvgIpc) is 2.97. The van der Waals surface area contributed by atoms with Crippen molar-refractivity contribution in [1.82, 2.24) is 9.80 Å². The second kappa shape index (κ2) is 9.51. The fraction of sp³-hybridized carbons (Fsp3) is 0.304. The van der Waals surface area contributed by atoms with Gasteiger partial charge in [-0.25, -0.2) is 4.79 Å². The number of nitrogens with one attached hydrogen (secondary N) is 1. The molecular weight excluding hydrogens is 412 g/mol. The molecule has 2 aromatic rings. The van der Waals surface area contributed by atoms with Gasteiger partial charge in [0.25, 0.3) is 5.91 Å². The summed E-state index contributed by atoms with van der Waals surface area (Å²) in [6.45, 7) is 2.88. The zero-order valence-corrected chi connectivity index (χ0v) is 18.5. The average molecular weight is 438 g/mol. The minimum atomic E-state index is -0.723. The number of aryl methyl sites for hydroxylation is 1. The van der Waals surface area contributed by atoms with E-state index >= 15 is 0 Å². The Kier molecular flexibility index (Phi) is 6.77. The molecule has 1 heterocycles. The van der Waals surface area contributed by atoms with Gasteiger partial charge in [0.1, 0.15) is 18.3 Å². The quantitative estimate of drug-likeness (QED) is 0.669. The van der Waals surface area contributed by atoms with Gasteiger partial charge in [-0.2, -0.15) is 0 Å². The van der Waals surface area contributed by atoms with Crippen LogP contribution >= 0.6 is 0 Å². The number of anilines is 2. The van der Waals surface area contributed by atoms with Gasteiger partial charge in [-0.3, -0.25) is 24.2 Å². The van der Waals surface area contributed by atoms with Crippen molar-refractivity contribution in [3.05, 3.63) is 54.1 Å². The van der Waals surface area contributed by atoms with Gasteiger partial charge in [0, 0.05) is 24.5 Å². The van der Waals surface area contributed by atoms with E-state index in [-0.39, 0.29) is 6.54 Å². The Labute approximate surface area is 186 Å². The molecule has 0 aliphatic carbocycles. The Morgan fingerprint density at radius 2 is 1.81 bits per heavy atom. The normalized spacial score (nSPS) is 15.7. The number of amides is 5. The first-order chi connectivity index (χ1) is 15.2. The summed E-state index contributed by atoms with van der Waals surface area (Å²) in [5, 5.41) is 2.69. The van der Waals surface area contributed by atoms with E-state index in [1.54, 1.807) is 43.3 Å². The number of urea groups is 1. The minimum absolute atomic E-state index is 0.233. The number of ether oxygens (including phenoxy) is 1. The van der Waals surface area contributed by atoms with Crippen LogP contribution in [0.2, 0.25) is 0 Å². The van der Waals surface area contributed by atoms with Gasteiger partial charge in [0.2, 0.25) is 11.8 Å². The van der Waals surface area contributed by atoms with Crippen LogP contribution in [-0.4, -0.2) is 66.8 Å². The van der Waals surface area contributed by atoms with E-state index in [0.717, 1.165) is 10.5 Å². The number of nitrogens with zero attached hydrogens (tertiary/aromatic N) is 3. The zero-order valence-electron chi connectivity index (χ0n) is 18.5. The van der Waals surface area contributed by atoms with Crippen LogP contribution < -0.4 is 15.0 Å². The molecule has 5 amide bonds. The number of carbonyl (C=O) groups excluding carboxylic acids is 4. The van der Waals surface area contributed by atoms with E-state index in [1.165, 1.54) is 24.0 Å². The summed E-state index contributed by atoms with van der Waals surface area (Å²) in [4.78, 5) is 53.9.